The number of benzene rings is 1. The van der Waals surface area contributed by atoms with Gasteiger partial charge in [0.15, 0.2) is 0 Å². The highest BCUT2D eigenvalue weighted by Gasteiger charge is 2.29. The number of carbonyl (C=O) groups excluding carboxylic acids is 1. The van der Waals surface area contributed by atoms with Crippen LogP contribution in [0.25, 0.3) is 0 Å². The van der Waals surface area contributed by atoms with E-state index >= 15 is 0 Å². The Morgan fingerprint density at radius 2 is 2.00 bits per heavy atom. The van der Waals surface area contributed by atoms with Gasteiger partial charge in [-0.3, -0.25) is 9.89 Å². The molecule has 0 fully saturated rings. The largest absolute Gasteiger partial charge is 0.446 e. The van der Waals surface area contributed by atoms with Gasteiger partial charge in [-0.15, -0.1) is 0 Å². The van der Waals surface area contributed by atoms with Crippen LogP contribution < -0.4 is 5.32 Å². The topological polar surface area (TPSA) is 57.8 Å². The van der Waals surface area contributed by atoms with Crippen LogP contribution in [0.2, 0.25) is 0 Å². The second-order valence-electron chi connectivity index (χ2n) is 4.15. The molecular formula is C13H12F3N3OS. The number of hydrogen-bond acceptors (Lipinski definition) is 3. The maximum Gasteiger partial charge on any atom is 0.446 e. The number of carbonyl (C=O) groups is 1. The monoisotopic (exact) mass is 315 g/mol. The second-order valence-corrected chi connectivity index (χ2v) is 5.29. The van der Waals surface area contributed by atoms with Gasteiger partial charge >= 0.3 is 5.51 Å². The van der Waals surface area contributed by atoms with E-state index in [9.17, 15) is 18.0 Å². The molecule has 1 aromatic carbocycles. The zero-order valence-electron chi connectivity index (χ0n) is 11.0. The number of aromatic amines is 1. The molecule has 0 aliphatic heterocycles. The van der Waals surface area contributed by atoms with Crippen molar-refractivity contribution in [3.8, 4) is 0 Å². The maximum atomic E-state index is 12.2. The summed E-state index contributed by atoms with van der Waals surface area (Å²) in [6.07, 6.45) is 2.31. The van der Waals surface area contributed by atoms with Crippen LogP contribution in [-0.4, -0.2) is 21.6 Å². The van der Waals surface area contributed by atoms with Crippen LogP contribution in [0.1, 0.15) is 22.8 Å². The molecule has 0 saturated heterocycles. The fraction of sp³-hybridized carbons (Fsp3) is 0.231. The smallest absolute Gasteiger partial charge is 0.307 e. The molecule has 112 valence electrons. The minimum absolute atomic E-state index is 0.0369. The van der Waals surface area contributed by atoms with Crippen molar-refractivity contribution in [3.63, 3.8) is 0 Å². The number of aromatic nitrogens is 2. The van der Waals surface area contributed by atoms with Crippen LogP contribution in [0.15, 0.2) is 35.4 Å². The first kappa shape index (κ1) is 15.4. The lowest BCUT2D eigenvalue weighted by Crippen LogP contribution is -2.13. The summed E-state index contributed by atoms with van der Waals surface area (Å²) in [5, 5.41) is 9.13. The van der Waals surface area contributed by atoms with E-state index in [0.717, 1.165) is 5.56 Å². The van der Waals surface area contributed by atoms with E-state index in [-0.39, 0.29) is 22.2 Å². The van der Waals surface area contributed by atoms with Gasteiger partial charge in [0, 0.05) is 16.0 Å². The molecule has 8 heteroatoms. The number of anilines is 1. The SMILES string of the molecule is CCc1cn[nH]c1NC(=O)c1ccc(SC(F)(F)F)cc1. The summed E-state index contributed by atoms with van der Waals surface area (Å²) in [6.45, 7) is 1.92. The van der Waals surface area contributed by atoms with Crippen molar-refractivity contribution in [3.05, 3.63) is 41.6 Å². The molecule has 0 radical (unpaired) electrons. The Hall–Kier alpha value is -1.96. The van der Waals surface area contributed by atoms with E-state index in [1.54, 1.807) is 6.20 Å². The fourth-order valence-corrected chi connectivity index (χ4v) is 2.22. The number of amides is 1. The van der Waals surface area contributed by atoms with E-state index < -0.39 is 11.4 Å². The molecule has 2 N–H and O–H groups in total. The molecule has 1 aromatic heterocycles. The third kappa shape index (κ3) is 4.25. The minimum atomic E-state index is -4.34. The van der Waals surface area contributed by atoms with Crippen molar-refractivity contribution < 1.29 is 18.0 Å². The average Bonchev–Trinajstić information content (AvgIpc) is 2.85. The third-order valence-corrected chi connectivity index (χ3v) is 3.43. The maximum absolute atomic E-state index is 12.2. The van der Waals surface area contributed by atoms with Crippen LogP contribution in [0.3, 0.4) is 0 Å². The zero-order valence-corrected chi connectivity index (χ0v) is 11.8. The van der Waals surface area contributed by atoms with Gasteiger partial charge in [-0.1, -0.05) is 6.92 Å². The van der Waals surface area contributed by atoms with Crippen LogP contribution in [0.4, 0.5) is 19.0 Å². The summed E-state index contributed by atoms with van der Waals surface area (Å²) in [5.74, 6) is 0.0914. The lowest BCUT2D eigenvalue weighted by Gasteiger charge is -2.07. The van der Waals surface area contributed by atoms with Crippen LogP contribution >= 0.6 is 11.8 Å². The number of rotatable bonds is 4. The lowest BCUT2D eigenvalue weighted by atomic mass is 10.2. The number of H-pyrrole nitrogens is 1. The van der Waals surface area contributed by atoms with E-state index in [1.807, 2.05) is 6.92 Å². The molecule has 0 aliphatic rings. The molecule has 2 aromatic rings. The number of halogens is 3. The van der Waals surface area contributed by atoms with Crippen molar-refractivity contribution in [1.29, 1.82) is 0 Å². The molecule has 1 amide bonds. The van der Waals surface area contributed by atoms with Gasteiger partial charge in [-0.25, -0.2) is 0 Å². The molecule has 0 aliphatic carbocycles. The molecule has 0 atom stereocenters. The Bertz CT molecular complexity index is 622. The summed E-state index contributed by atoms with van der Waals surface area (Å²) in [4.78, 5) is 12.0. The quantitative estimate of drug-likeness (QED) is 0.843. The average molecular weight is 315 g/mol. The summed E-state index contributed by atoms with van der Waals surface area (Å²) in [7, 11) is 0. The summed E-state index contributed by atoms with van der Waals surface area (Å²) in [5.41, 5.74) is -3.21. The fourth-order valence-electron chi connectivity index (χ4n) is 1.68. The number of aryl methyl sites for hydroxylation is 1. The molecule has 21 heavy (non-hydrogen) atoms. The lowest BCUT2D eigenvalue weighted by molar-refractivity contribution is -0.0328. The molecule has 0 spiro atoms. The van der Waals surface area contributed by atoms with E-state index in [2.05, 4.69) is 15.5 Å². The van der Waals surface area contributed by atoms with Crippen molar-refractivity contribution in [2.75, 3.05) is 5.32 Å². The first-order valence-corrected chi connectivity index (χ1v) is 6.90. The second kappa shape index (κ2) is 6.21. The normalized spacial score (nSPS) is 11.4. The van der Waals surface area contributed by atoms with Crippen molar-refractivity contribution >= 4 is 23.5 Å². The highest BCUT2D eigenvalue weighted by Crippen LogP contribution is 2.36. The summed E-state index contributed by atoms with van der Waals surface area (Å²) in [6, 6.07) is 5.23. The number of alkyl halides is 3. The summed E-state index contributed by atoms with van der Waals surface area (Å²) >= 11 is -0.215. The van der Waals surface area contributed by atoms with Crippen LogP contribution in [0.5, 0.6) is 0 Å². The van der Waals surface area contributed by atoms with Gasteiger partial charge in [0.05, 0.1) is 6.20 Å². The highest BCUT2D eigenvalue weighted by molar-refractivity contribution is 8.00. The Kier molecular flexibility index (Phi) is 4.56. The van der Waals surface area contributed by atoms with Gasteiger partial charge in [-0.05, 0) is 42.4 Å². The van der Waals surface area contributed by atoms with Crippen LogP contribution in [-0.2, 0) is 6.42 Å². The summed E-state index contributed by atoms with van der Waals surface area (Å²) < 4.78 is 36.6. The van der Waals surface area contributed by atoms with Crippen molar-refractivity contribution in [2.45, 2.75) is 23.7 Å². The predicted molar refractivity (Wildman–Crippen MR) is 74.3 cm³/mol. The number of thioether (sulfide) groups is 1. The third-order valence-electron chi connectivity index (χ3n) is 2.69. The van der Waals surface area contributed by atoms with Gasteiger partial charge in [0.25, 0.3) is 5.91 Å². The number of nitrogens with one attached hydrogen (secondary N) is 2. The van der Waals surface area contributed by atoms with Crippen molar-refractivity contribution in [2.24, 2.45) is 0 Å². The zero-order chi connectivity index (χ0) is 15.5. The Morgan fingerprint density at radius 1 is 1.33 bits per heavy atom. The Balaban J connectivity index is 2.06. The van der Waals surface area contributed by atoms with E-state index in [0.29, 0.717) is 12.2 Å². The Morgan fingerprint density at radius 3 is 2.57 bits per heavy atom. The van der Waals surface area contributed by atoms with E-state index in [1.165, 1.54) is 24.3 Å². The molecule has 0 bridgehead atoms. The number of hydrogen-bond donors (Lipinski definition) is 2. The van der Waals surface area contributed by atoms with Crippen LogP contribution in [0, 0.1) is 0 Å². The first-order chi connectivity index (χ1) is 9.89. The standard InChI is InChI=1S/C13H12F3N3OS/c1-2-8-7-17-19-11(8)18-12(20)9-3-5-10(6-4-9)21-13(14,15)16/h3-7H,2H2,1H3,(H2,17,18,19,20). The molecule has 2 rings (SSSR count). The minimum Gasteiger partial charge on any atom is -0.307 e. The molecule has 0 saturated carbocycles. The van der Waals surface area contributed by atoms with Gasteiger partial charge in [0.1, 0.15) is 5.82 Å². The van der Waals surface area contributed by atoms with E-state index in [4.69, 9.17) is 0 Å². The van der Waals surface area contributed by atoms with Gasteiger partial charge < -0.3 is 5.32 Å². The molecule has 0 unspecified atom stereocenters. The highest BCUT2D eigenvalue weighted by atomic mass is 32.2. The first-order valence-electron chi connectivity index (χ1n) is 6.08. The van der Waals surface area contributed by atoms with Crippen molar-refractivity contribution in [1.82, 2.24) is 10.2 Å². The number of nitrogens with zero attached hydrogens (tertiary/aromatic N) is 1. The predicted octanol–water partition coefficient (Wildman–Crippen LogP) is 3.84. The Labute approximate surface area is 123 Å². The van der Waals surface area contributed by atoms with Gasteiger partial charge in [-0.2, -0.15) is 18.3 Å². The molecular weight excluding hydrogens is 303 g/mol. The van der Waals surface area contributed by atoms with Gasteiger partial charge in [0.2, 0.25) is 0 Å². The molecule has 1 heterocycles. The molecule has 4 nitrogen and oxygen atoms in total.